The Hall–Kier alpha value is -2.68. The van der Waals surface area contributed by atoms with E-state index in [4.69, 9.17) is 23.2 Å². The van der Waals surface area contributed by atoms with Crippen molar-refractivity contribution < 1.29 is 14.0 Å². The highest BCUT2D eigenvalue weighted by atomic mass is 35.5. The Morgan fingerprint density at radius 3 is 2.48 bits per heavy atom. The molecular weight excluding hydrogens is 438 g/mol. The zero-order valence-electron chi connectivity index (χ0n) is 14.7. The molecule has 2 amide bonds. The van der Waals surface area contributed by atoms with Crippen LogP contribution in [-0.4, -0.2) is 27.8 Å². The van der Waals surface area contributed by atoms with Gasteiger partial charge in [0.1, 0.15) is 10.8 Å². The fraction of sp³-hybridized carbons (Fsp3) is 0.0526. The molecule has 0 fully saturated rings. The average Bonchev–Trinajstić information content (AvgIpc) is 2.70. The third-order valence-corrected chi connectivity index (χ3v) is 5.18. The quantitative estimate of drug-likeness (QED) is 0.521. The van der Waals surface area contributed by atoms with Crippen LogP contribution in [0.1, 0.15) is 10.4 Å². The number of hydrogen-bond acceptors (Lipinski definition) is 5. The maximum atomic E-state index is 13.2. The van der Waals surface area contributed by atoms with Gasteiger partial charge in [0.15, 0.2) is 5.82 Å². The molecule has 3 rings (SSSR count). The van der Waals surface area contributed by atoms with Crippen LogP contribution in [0.25, 0.3) is 0 Å². The van der Waals surface area contributed by atoms with E-state index in [2.05, 4.69) is 20.8 Å². The number of nitrogens with one attached hydrogen (secondary N) is 2. The minimum absolute atomic E-state index is 0.101. The minimum atomic E-state index is -0.505. The van der Waals surface area contributed by atoms with E-state index in [1.165, 1.54) is 30.0 Å². The molecule has 0 bridgehead atoms. The van der Waals surface area contributed by atoms with Gasteiger partial charge in [0.2, 0.25) is 5.91 Å². The third-order valence-electron chi connectivity index (χ3n) is 3.52. The molecule has 3 aromatic rings. The summed E-state index contributed by atoms with van der Waals surface area (Å²) < 4.78 is 13.2. The van der Waals surface area contributed by atoms with E-state index in [9.17, 15) is 14.0 Å². The second-order valence-electron chi connectivity index (χ2n) is 5.69. The lowest BCUT2D eigenvalue weighted by atomic mass is 10.2. The van der Waals surface area contributed by atoms with Gasteiger partial charge >= 0.3 is 0 Å². The lowest BCUT2D eigenvalue weighted by molar-refractivity contribution is -0.113. The molecule has 0 spiro atoms. The normalized spacial score (nSPS) is 10.4. The van der Waals surface area contributed by atoms with Crippen LogP contribution >= 0.6 is 35.0 Å². The summed E-state index contributed by atoms with van der Waals surface area (Å²) in [5.41, 5.74) is 0.704. The molecule has 0 saturated carbocycles. The number of anilines is 2. The maximum Gasteiger partial charge on any atom is 0.256 e. The van der Waals surface area contributed by atoms with Crippen molar-refractivity contribution in [3.63, 3.8) is 0 Å². The maximum absolute atomic E-state index is 13.2. The molecule has 6 nitrogen and oxygen atoms in total. The average molecular weight is 451 g/mol. The third kappa shape index (κ3) is 6.15. The highest BCUT2D eigenvalue weighted by molar-refractivity contribution is 7.99. The Balaban J connectivity index is 1.51. The van der Waals surface area contributed by atoms with Crippen molar-refractivity contribution >= 4 is 58.3 Å². The standard InChI is InChI=1S/C19H13Cl2FN4O2S/c20-14-5-4-13(9-15(14)21)23-17(27)10-29-18-7-6-16(25-26-18)24-19(28)11-2-1-3-12(22)8-11/h1-9H,10H2,(H,23,27)(H,24,25,28). The number of rotatable bonds is 6. The number of thioether (sulfide) groups is 1. The van der Waals surface area contributed by atoms with Gasteiger partial charge in [-0.1, -0.05) is 41.0 Å². The number of hydrogen-bond donors (Lipinski definition) is 2. The Bertz CT molecular complexity index is 1050. The number of nitrogens with zero attached hydrogens (tertiary/aromatic N) is 2. The molecule has 1 aromatic heterocycles. The van der Waals surface area contributed by atoms with Crippen LogP contribution in [0.5, 0.6) is 0 Å². The first-order valence-electron chi connectivity index (χ1n) is 8.19. The van der Waals surface area contributed by atoms with Crippen molar-refractivity contribution in [3.05, 3.63) is 76.0 Å². The van der Waals surface area contributed by atoms with Gasteiger partial charge in [0.25, 0.3) is 5.91 Å². The van der Waals surface area contributed by atoms with Gasteiger partial charge in [-0.2, -0.15) is 0 Å². The van der Waals surface area contributed by atoms with E-state index in [1.54, 1.807) is 30.3 Å². The fourth-order valence-electron chi connectivity index (χ4n) is 2.19. The van der Waals surface area contributed by atoms with Gasteiger partial charge in [-0.05, 0) is 48.5 Å². The number of amides is 2. The van der Waals surface area contributed by atoms with E-state index < -0.39 is 11.7 Å². The molecule has 2 aromatic carbocycles. The number of aromatic nitrogens is 2. The van der Waals surface area contributed by atoms with E-state index in [0.29, 0.717) is 20.8 Å². The van der Waals surface area contributed by atoms with Crippen LogP contribution < -0.4 is 10.6 Å². The van der Waals surface area contributed by atoms with Crippen LogP contribution in [0, 0.1) is 5.82 Å². The smallest absolute Gasteiger partial charge is 0.256 e. The summed E-state index contributed by atoms with van der Waals surface area (Å²) in [5.74, 6) is -0.943. The van der Waals surface area contributed by atoms with E-state index in [1.807, 2.05) is 0 Å². The summed E-state index contributed by atoms with van der Waals surface area (Å²) in [5, 5.41) is 14.3. The van der Waals surface area contributed by atoms with Crippen molar-refractivity contribution in [1.82, 2.24) is 10.2 Å². The molecule has 0 unspecified atom stereocenters. The van der Waals surface area contributed by atoms with Crippen LogP contribution in [0.3, 0.4) is 0 Å². The fourth-order valence-corrected chi connectivity index (χ4v) is 3.10. The predicted molar refractivity (Wildman–Crippen MR) is 112 cm³/mol. The molecule has 10 heteroatoms. The molecule has 0 radical (unpaired) electrons. The summed E-state index contributed by atoms with van der Waals surface area (Å²) in [7, 11) is 0. The van der Waals surface area contributed by atoms with Crippen LogP contribution in [-0.2, 0) is 4.79 Å². The molecule has 0 aliphatic rings. The number of carbonyl (C=O) groups excluding carboxylic acids is 2. The van der Waals surface area contributed by atoms with Crippen LogP contribution in [0.15, 0.2) is 59.6 Å². The number of benzene rings is 2. The highest BCUT2D eigenvalue weighted by Gasteiger charge is 2.10. The monoisotopic (exact) mass is 450 g/mol. The molecule has 1 heterocycles. The summed E-state index contributed by atoms with van der Waals surface area (Å²) in [6.45, 7) is 0. The molecule has 0 atom stereocenters. The Morgan fingerprint density at radius 2 is 1.79 bits per heavy atom. The van der Waals surface area contributed by atoms with E-state index >= 15 is 0 Å². The highest BCUT2D eigenvalue weighted by Crippen LogP contribution is 2.25. The molecule has 0 aliphatic carbocycles. The van der Waals surface area contributed by atoms with Gasteiger partial charge in [-0.25, -0.2) is 4.39 Å². The van der Waals surface area contributed by atoms with Gasteiger partial charge in [-0.15, -0.1) is 10.2 Å². The van der Waals surface area contributed by atoms with Crippen molar-refractivity contribution in [2.75, 3.05) is 16.4 Å². The van der Waals surface area contributed by atoms with Crippen molar-refractivity contribution in [2.45, 2.75) is 5.03 Å². The first kappa shape index (κ1) is 21.0. The van der Waals surface area contributed by atoms with E-state index in [0.717, 1.165) is 6.07 Å². The Kier molecular flexibility index (Phi) is 7.03. The lowest BCUT2D eigenvalue weighted by Gasteiger charge is -2.07. The summed E-state index contributed by atoms with van der Waals surface area (Å²) in [6, 6.07) is 13.3. The molecule has 29 heavy (non-hydrogen) atoms. The topological polar surface area (TPSA) is 84.0 Å². The van der Waals surface area contributed by atoms with Crippen molar-refractivity contribution in [1.29, 1.82) is 0 Å². The zero-order chi connectivity index (χ0) is 20.8. The number of halogens is 3. The van der Waals surface area contributed by atoms with Crippen molar-refractivity contribution in [3.8, 4) is 0 Å². The van der Waals surface area contributed by atoms with Crippen molar-refractivity contribution in [2.24, 2.45) is 0 Å². The molecular formula is C19H13Cl2FN4O2S. The van der Waals surface area contributed by atoms with Gasteiger partial charge < -0.3 is 10.6 Å². The Morgan fingerprint density at radius 1 is 0.966 bits per heavy atom. The lowest BCUT2D eigenvalue weighted by Crippen LogP contribution is -2.15. The number of carbonyl (C=O) groups is 2. The van der Waals surface area contributed by atoms with Gasteiger partial charge in [0.05, 0.1) is 15.8 Å². The zero-order valence-corrected chi connectivity index (χ0v) is 17.0. The van der Waals surface area contributed by atoms with Gasteiger partial charge in [0, 0.05) is 11.3 Å². The summed E-state index contributed by atoms with van der Waals surface area (Å²) in [6.07, 6.45) is 0. The first-order valence-corrected chi connectivity index (χ1v) is 9.93. The summed E-state index contributed by atoms with van der Waals surface area (Å²) >= 11 is 12.9. The SMILES string of the molecule is O=C(CSc1ccc(NC(=O)c2cccc(F)c2)nn1)Nc1ccc(Cl)c(Cl)c1. The second-order valence-corrected chi connectivity index (χ2v) is 7.50. The predicted octanol–water partition coefficient (Wildman–Crippen LogP) is 4.91. The Labute approximate surface area is 179 Å². The first-order chi connectivity index (χ1) is 13.9. The van der Waals surface area contributed by atoms with E-state index in [-0.39, 0.29) is 23.0 Å². The second kappa shape index (κ2) is 9.69. The molecule has 2 N–H and O–H groups in total. The van der Waals surface area contributed by atoms with Crippen LogP contribution in [0.4, 0.5) is 15.9 Å². The van der Waals surface area contributed by atoms with Gasteiger partial charge in [-0.3, -0.25) is 9.59 Å². The summed E-state index contributed by atoms with van der Waals surface area (Å²) in [4.78, 5) is 24.1. The minimum Gasteiger partial charge on any atom is -0.325 e. The van der Waals surface area contributed by atoms with Crippen LogP contribution in [0.2, 0.25) is 10.0 Å². The largest absolute Gasteiger partial charge is 0.325 e. The molecule has 0 saturated heterocycles. The molecule has 148 valence electrons. The molecule has 0 aliphatic heterocycles.